The fourth-order valence-electron chi connectivity index (χ4n) is 1.50. The number of pyridine rings is 1. The topological polar surface area (TPSA) is 56.2 Å². The molecule has 0 amide bonds. The summed E-state index contributed by atoms with van der Waals surface area (Å²) in [6.07, 6.45) is 4.04. The Morgan fingerprint density at radius 3 is 2.93 bits per heavy atom. The van der Waals surface area contributed by atoms with E-state index < -0.39 is 0 Å². The zero-order valence-electron chi connectivity index (χ0n) is 8.27. The van der Waals surface area contributed by atoms with E-state index in [0.29, 0.717) is 6.54 Å². The number of hydrogen-bond acceptors (Lipinski definition) is 3. The van der Waals surface area contributed by atoms with Gasteiger partial charge < -0.3 is 5.73 Å². The van der Waals surface area contributed by atoms with Gasteiger partial charge in [-0.05, 0) is 18.1 Å². The number of aryl methyl sites for hydroxylation is 1. The van der Waals surface area contributed by atoms with Crippen LogP contribution in [0, 0.1) is 0 Å². The summed E-state index contributed by atoms with van der Waals surface area (Å²) in [6.45, 7) is 2.69. The summed E-state index contributed by atoms with van der Waals surface area (Å²) in [7, 11) is 0. The Hall–Kier alpha value is -1.42. The van der Waals surface area contributed by atoms with E-state index >= 15 is 0 Å². The van der Waals surface area contributed by atoms with Crippen LogP contribution in [0.15, 0.2) is 18.3 Å². The van der Waals surface area contributed by atoms with Crippen LogP contribution in [0.3, 0.4) is 0 Å². The van der Waals surface area contributed by atoms with Crippen molar-refractivity contribution in [2.45, 2.75) is 26.3 Å². The maximum absolute atomic E-state index is 5.58. The van der Waals surface area contributed by atoms with Gasteiger partial charge in [-0.3, -0.25) is 4.40 Å². The third-order valence-corrected chi connectivity index (χ3v) is 2.24. The Kier molecular flexibility index (Phi) is 2.45. The standard InChI is InChI=1S/C10H14N4/c1-2-3-9-12-13-10-5-4-8(6-11)7-14(9)10/h4-5,7H,2-3,6,11H2,1H3. The number of hydrogen-bond donors (Lipinski definition) is 1. The van der Waals surface area contributed by atoms with Crippen LogP contribution in [0.4, 0.5) is 0 Å². The smallest absolute Gasteiger partial charge is 0.160 e. The van der Waals surface area contributed by atoms with Crippen molar-refractivity contribution in [2.75, 3.05) is 0 Å². The number of fused-ring (bicyclic) bond motifs is 1. The summed E-state index contributed by atoms with van der Waals surface area (Å²) in [5.41, 5.74) is 7.58. The van der Waals surface area contributed by atoms with Crippen molar-refractivity contribution >= 4 is 5.65 Å². The minimum absolute atomic E-state index is 0.555. The molecule has 0 aliphatic heterocycles. The molecule has 2 aromatic rings. The van der Waals surface area contributed by atoms with E-state index in [2.05, 4.69) is 17.1 Å². The second kappa shape index (κ2) is 3.75. The summed E-state index contributed by atoms with van der Waals surface area (Å²) in [5, 5.41) is 8.22. The second-order valence-corrected chi connectivity index (χ2v) is 3.34. The van der Waals surface area contributed by atoms with Crippen molar-refractivity contribution in [3.63, 3.8) is 0 Å². The zero-order valence-corrected chi connectivity index (χ0v) is 8.27. The number of nitrogens with zero attached hydrogens (tertiary/aromatic N) is 3. The Morgan fingerprint density at radius 1 is 1.36 bits per heavy atom. The number of rotatable bonds is 3. The van der Waals surface area contributed by atoms with Crippen LogP contribution in [-0.4, -0.2) is 14.6 Å². The molecule has 14 heavy (non-hydrogen) atoms. The van der Waals surface area contributed by atoms with E-state index in [9.17, 15) is 0 Å². The zero-order chi connectivity index (χ0) is 9.97. The van der Waals surface area contributed by atoms with Crippen LogP contribution in [0.2, 0.25) is 0 Å². The molecule has 0 saturated carbocycles. The lowest BCUT2D eigenvalue weighted by molar-refractivity contribution is 0.815. The summed E-state index contributed by atoms with van der Waals surface area (Å²) in [5.74, 6) is 1.01. The van der Waals surface area contributed by atoms with Crippen LogP contribution in [0.1, 0.15) is 24.7 Å². The van der Waals surface area contributed by atoms with E-state index in [0.717, 1.165) is 29.9 Å². The van der Waals surface area contributed by atoms with E-state index in [1.54, 1.807) is 0 Å². The Morgan fingerprint density at radius 2 is 2.21 bits per heavy atom. The van der Waals surface area contributed by atoms with Crippen LogP contribution in [0.25, 0.3) is 5.65 Å². The lowest BCUT2D eigenvalue weighted by Crippen LogP contribution is -2.00. The monoisotopic (exact) mass is 190 g/mol. The van der Waals surface area contributed by atoms with Gasteiger partial charge in [0.05, 0.1) is 0 Å². The third-order valence-electron chi connectivity index (χ3n) is 2.24. The first-order chi connectivity index (χ1) is 6.85. The number of aromatic nitrogens is 3. The van der Waals surface area contributed by atoms with Crippen molar-refractivity contribution in [1.29, 1.82) is 0 Å². The predicted octanol–water partition coefficient (Wildman–Crippen LogP) is 1.14. The normalized spacial score (nSPS) is 11.0. The summed E-state index contributed by atoms with van der Waals surface area (Å²) in [6, 6.07) is 3.94. The maximum atomic E-state index is 5.58. The minimum Gasteiger partial charge on any atom is -0.326 e. The molecule has 0 bridgehead atoms. The molecule has 0 radical (unpaired) electrons. The fourth-order valence-corrected chi connectivity index (χ4v) is 1.50. The van der Waals surface area contributed by atoms with Gasteiger partial charge in [-0.15, -0.1) is 10.2 Å². The quantitative estimate of drug-likeness (QED) is 0.789. The van der Waals surface area contributed by atoms with Crippen LogP contribution < -0.4 is 5.73 Å². The van der Waals surface area contributed by atoms with Crippen molar-refractivity contribution in [2.24, 2.45) is 5.73 Å². The molecule has 2 rings (SSSR count). The molecular weight excluding hydrogens is 176 g/mol. The van der Waals surface area contributed by atoms with E-state index in [1.807, 2.05) is 22.7 Å². The summed E-state index contributed by atoms with van der Waals surface area (Å²) in [4.78, 5) is 0. The van der Waals surface area contributed by atoms with Gasteiger partial charge in [0.25, 0.3) is 0 Å². The lowest BCUT2D eigenvalue weighted by atomic mass is 10.3. The summed E-state index contributed by atoms with van der Waals surface area (Å²) >= 11 is 0. The van der Waals surface area contributed by atoms with E-state index in [4.69, 9.17) is 5.73 Å². The molecule has 74 valence electrons. The molecule has 0 unspecified atom stereocenters. The first-order valence-electron chi connectivity index (χ1n) is 4.87. The molecule has 2 aromatic heterocycles. The van der Waals surface area contributed by atoms with Gasteiger partial charge in [0.2, 0.25) is 0 Å². The van der Waals surface area contributed by atoms with Crippen LogP contribution in [-0.2, 0) is 13.0 Å². The molecular formula is C10H14N4. The van der Waals surface area contributed by atoms with Crippen molar-refractivity contribution in [3.8, 4) is 0 Å². The highest BCUT2D eigenvalue weighted by molar-refractivity contribution is 5.39. The Bertz CT molecular complexity index is 433. The van der Waals surface area contributed by atoms with Gasteiger partial charge in [-0.1, -0.05) is 13.0 Å². The molecule has 0 aliphatic rings. The van der Waals surface area contributed by atoms with Gasteiger partial charge in [0.1, 0.15) is 5.82 Å². The third kappa shape index (κ3) is 1.48. The lowest BCUT2D eigenvalue weighted by Gasteiger charge is -2.00. The molecule has 0 fully saturated rings. The fraction of sp³-hybridized carbons (Fsp3) is 0.400. The first-order valence-corrected chi connectivity index (χ1v) is 4.87. The predicted molar refractivity (Wildman–Crippen MR) is 54.9 cm³/mol. The minimum atomic E-state index is 0.555. The summed E-state index contributed by atoms with van der Waals surface area (Å²) < 4.78 is 2.02. The molecule has 2 heterocycles. The maximum Gasteiger partial charge on any atom is 0.160 e. The first kappa shape index (κ1) is 9.15. The molecule has 4 nitrogen and oxygen atoms in total. The Balaban J connectivity index is 2.52. The highest BCUT2D eigenvalue weighted by Gasteiger charge is 2.03. The average Bonchev–Trinajstić information content (AvgIpc) is 2.61. The molecule has 0 aromatic carbocycles. The largest absolute Gasteiger partial charge is 0.326 e. The van der Waals surface area contributed by atoms with Crippen LogP contribution in [0.5, 0.6) is 0 Å². The second-order valence-electron chi connectivity index (χ2n) is 3.34. The molecule has 0 atom stereocenters. The van der Waals surface area contributed by atoms with Gasteiger partial charge in [-0.25, -0.2) is 0 Å². The average molecular weight is 190 g/mol. The Labute approximate surface area is 82.8 Å². The van der Waals surface area contributed by atoms with Crippen molar-refractivity contribution in [3.05, 3.63) is 29.7 Å². The molecule has 0 aliphatic carbocycles. The van der Waals surface area contributed by atoms with E-state index in [-0.39, 0.29) is 0 Å². The van der Waals surface area contributed by atoms with Gasteiger partial charge >= 0.3 is 0 Å². The van der Waals surface area contributed by atoms with Crippen LogP contribution >= 0.6 is 0 Å². The molecule has 4 heteroatoms. The highest BCUT2D eigenvalue weighted by atomic mass is 15.2. The van der Waals surface area contributed by atoms with Gasteiger partial charge in [-0.2, -0.15) is 0 Å². The van der Waals surface area contributed by atoms with Crippen molar-refractivity contribution < 1.29 is 0 Å². The van der Waals surface area contributed by atoms with Crippen molar-refractivity contribution in [1.82, 2.24) is 14.6 Å². The van der Waals surface area contributed by atoms with E-state index in [1.165, 1.54) is 0 Å². The SMILES string of the molecule is CCCc1nnc2ccc(CN)cn12. The molecule has 2 N–H and O–H groups in total. The number of nitrogens with two attached hydrogens (primary N) is 1. The molecule has 0 saturated heterocycles. The van der Waals surface area contributed by atoms with Gasteiger partial charge in [0, 0.05) is 19.2 Å². The highest BCUT2D eigenvalue weighted by Crippen LogP contribution is 2.07. The molecule has 0 spiro atoms. The van der Waals surface area contributed by atoms with Gasteiger partial charge in [0.15, 0.2) is 5.65 Å².